The van der Waals surface area contributed by atoms with E-state index in [1.54, 1.807) is 12.1 Å². The molecule has 1 atom stereocenters. The van der Waals surface area contributed by atoms with Crippen LogP contribution in [0.1, 0.15) is 5.56 Å². The van der Waals surface area contributed by atoms with Crippen LogP contribution in [0.4, 0.5) is 5.69 Å². The molecule has 1 N–H and O–H groups in total. The number of benzene rings is 1. The van der Waals surface area contributed by atoms with Gasteiger partial charge in [-0.3, -0.25) is 14.9 Å². The Morgan fingerprint density at radius 1 is 1.39 bits per heavy atom. The van der Waals surface area contributed by atoms with Gasteiger partial charge in [-0.25, -0.2) is 0 Å². The largest absolute Gasteiger partial charge is 0.489 e. The van der Waals surface area contributed by atoms with Gasteiger partial charge in [-0.1, -0.05) is 17.7 Å². The van der Waals surface area contributed by atoms with Gasteiger partial charge in [0.15, 0.2) is 0 Å². The Morgan fingerprint density at radius 3 is 2.83 bits per heavy atom. The fraction of sp³-hybridized carbons (Fsp3) is 0.267. The number of nitro groups is 1. The summed E-state index contributed by atoms with van der Waals surface area (Å²) in [6, 6.07) is 7.45. The van der Waals surface area contributed by atoms with Gasteiger partial charge in [-0.15, -0.1) is 0 Å². The van der Waals surface area contributed by atoms with E-state index in [-0.39, 0.29) is 18.8 Å². The number of aliphatic hydroxyl groups is 1. The van der Waals surface area contributed by atoms with Crippen LogP contribution in [0.3, 0.4) is 0 Å². The van der Waals surface area contributed by atoms with Gasteiger partial charge in [0.2, 0.25) is 0 Å². The Hall–Kier alpha value is -2.38. The van der Waals surface area contributed by atoms with Crippen LogP contribution in [-0.2, 0) is 6.54 Å². The average molecular weight is 339 g/mol. The molecule has 0 aliphatic carbocycles. The van der Waals surface area contributed by atoms with E-state index in [0.717, 1.165) is 28.5 Å². The Morgan fingerprint density at radius 2 is 2.13 bits per heavy atom. The highest BCUT2D eigenvalue weighted by Gasteiger charge is 2.13. The van der Waals surface area contributed by atoms with E-state index in [0.29, 0.717) is 10.8 Å². The van der Waals surface area contributed by atoms with Crippen LogP contribution in [0.15, 0.2) is 41.3 Å². The van der Waals surface area contributed by atoms with Gasteiger partial charge in [0.1, 0.15) is 18.5 Å². The quantitative estimate of drug-likeness (QED) is 0.643. The van der Waals surface area contributed by atoms with Crippen molar-refractivity contribution in [3.63, 3.8) is 0 Å². The molecule has 8 heteroatoms. The Labute approximate surface area is 136 Å². The lowest BCUT2D eigenvalue weighted by atomic mass is 10.2. The first-order valence-electron chi connectivity index (χ1n) is 6.78. The molecule has 0 saturated carbocycles. The lowest BCUT2D eigenvalue weighted by molar-refractivity contribution is -0.385. The molecule has 0 spiro atoms. The maximum atomic E-state index is 11.7. The van der Waals surface area contributed by atoms with Gasteiger partial charge in [0.05, 0.1) is 22.7 Å². The van der Waals surface area contributed by atoms with E-state index in [2.05, 4.69) is 0 Å². The molecule has 0 saturated heterocycles. The van der Waals surface area contributed by atoms with Crippen LogP contribution in [0.2, 0.25) is 5.02 Å². The SMILES string of the molecule is Cc1ccc(Cl)c(OC[C@H](O)Cn2cc([N+](=O)[O-])ccc2=O)c1. The van der Waals surface area contributed by atoms with Gasteiger partial charge >= 0.3 is 0 Å². The number of aromatic nitrogens is 1. The highest BCUT2D eigenvalue weighted by atomic mass is 35.5. The molecule has 1 aromatic heterocycles. The van der Waals surface area contributed by atoms with E-state index in [4.69, 9.17) is 16.3 Å². The lowest BCUT2D eigenvalue weighted by Gasteiger charge is -2.14. The molecule has 0 aliphatic heterocycles. The van der Waals surface area contributed by atoms with Crippen molar-refractivity contribution in [2.45, 2.75) is 19.6 Å². The first-order chi connectivity index (χ1) is 10.9. The van der Waals surface area contributed by atoms with Gasteiger partial charge in [0.25, 0.3) is 11.2 Å². The number of pyridine rings is 1. The zero-order valence-electron chi connectivity index (χ0n) is 12.3. The molecule has 0 aliphatic rings. The zero-order valence-corrected chi connectivity index (χ0v) is 13.1. The van der Waals surface area contributed by atoms with Crippen molar-refractivity contribution in [3.05, 3.63) is 67.6 Å². The van der Waals surface area contributed by atoms with Crippen LogP contribution in [0.5, 0.6) is 5.75 Å². The topological polar surface area (TPSA) is 94.6 Å². The molecule has 23 heavy (non-hydrogen) atoms. The molecule has 0 bridgehead atoms. The number of aryl methyl sites for hydroxylation is 1. The van der Waals surface area contributed by atoms with Crippen molar-refractivity contribution in [1.29, 1.82) is 0 Å². The molecular formula is C15H15ClN2O5. The summed E-state index contributed by atoms with van der Waals surface area (Å²) in [6.07, 6.45) is 0.0665. The Bertz CT molecular complexity index is 775. The lowest BCUT2D eigenvalue weighted by Crippen LogP contribution is -2.29. The van der Waals surface area contributed by atoms with Crippen LogP contribution >= 0.6 is 11.6 Å². The van der Waals surface area contributed by atoms with E-state index < -0.39 is 16.6 Å². The van der Waals surface area contributed by atoms with E-state index >= 15 is 0 Å². The minimum atomic E-state index is -1.02. The number of hydrogen-bond acceptors (Lipinski definition) is 5. The third-order valence-electron chi connectivity index (χ3n) is 3.10. The van der Waals surface area contributed by atoms with E-state index in [1.165, 1.54) is 0 Å². The summed E-state index contributed by atoms with van der Waals surface area (Å²) in [7, 11) is 0. The number of rotatable bonds is 6. The van der Waals surface area contributed by atoms with Crippen molar-refractivity contribution in [2.75, 3.05) is 6.61 Å². The second kappa shape index (κ2) is 7.26. The van der Waals surface area contributed by atoms with Crippen molar-refractivity contribution >= 4 is 17.3 Å². The Kier molecular flexibility index (Phi) is 5.36. The molecule has 122 valence electrons. The van der Waals surface area contributed by atoms with Crippen LogP contribution in [0, 0.1) is 17.0 Å². The van der Waals surface area contributed by atoms with Crippen molar-refractivity contribution in [1.82, 2.24) is 4.57 Å². The summed E-state index contributed by atoms with van der Waals surface area (Å²) in [5.74, 6) is 0.428. The monoisotopic (exact) mass is 338 g/mol. The molecule has 1 aromatic carbocycles. The van der Waals surface area contributed by atoms with Gasteiger partial charge in [-0.05, 0) is 24.6 Å². The first kappa shape index (κ1) is 17.0. The predicted octanol–water partition coefficient (Wildman–Crippen LogP) is 2.16. The second-order valence-electron chi connectivity index (χ2n) is 5.03. The van der Waals surface area contributed by atoms with E-state index in [1.807, 2.05) is 13.0 Å². The molecular weight excluding hydrogens is 324 g/mol. The molecule has 0 radical (unpaired) electrons. The first-order valence-corrected chi connectivity index (χ1v) is 7.16. The predicted molar refractivity (Wildman–Crippen MR) is 85.0 cm³/mol. The van der Waals surface area contributed by atoms with Gasteiger partial charge in [-0.2, -0.15) is 0 Å². The van der Waals surface area contributed by atoms with Crippen molar-refractivity contribution in [3.8, 4) is 5.75 Å². The van der Waals surface area contributed by atoms with Gasteiger partial charge < -0.3 is 14.4 Å². The third-order valence-corrected chi connectivity index (χ3v) is 3.42. The number of ether oxygens (including phenoxy) is 1. The number of nitrogens with zero attached hydrogens (tertiary/aromatic N) is 2. The smallest absolute Gasteiger partial charge is 0.285 e. The second-order valence-corrected chi connectivity index (χ2v) is 5.44. The standard InChI is InChI=1S/C15H15ClN2O5/c1-10-2-4-13(16)14(6-10)23-9-12(19)8-17-7-11(18(21)22)3-5-15(17)20/h2-7,12,19H,8-9H2,1H3/t12-/m1/s1. The normalized spacial score (nSPS) is 12.0. The summed E-state index contributed by atoms with van der Waals surface area (Å²) < 4.78 is 6.51. The minimum absolute atomic E-state index is 0.0989. The molecule has 1 heterocycles. The molecule has 2 rings (SSSR count). The average Bonchev–Trinajstić information content (AvgIpc) is 2.50. The van der Waals surface area contributed by atoms with Crippen molar-refractivity contribution in [2.24, 2.45) is 0 Å². The van der Waals surface area contributed by atoms with Crippen LogP contribution in [-0.4, -0.2) is 27.3 Å². The summed E-state index contributed by atoms with van der Waals surface area (Å²) in [5.41, 5.74) is 0.288. The Balaban J connectivity index is 2.04. The fourth-order valence-corrected chi connectivity index (χ4v) is 2.13. The van der Waals surface area contributed by atoms with E-state index in [9.17, 15) is 20.0 Å². The van der Waals surface area contributed by atoms with Crippen LogP contribution < -0.4 is 10.3 Å². The number of halogens is 1. The minimum Gasteiger partial charge on any atom is -0.489 e. The molecule has 0 unspecified atom stereocenters. The van der Waals surface area contributed by atoms with Gasteiger partial charge in [0, 0.05) is 12.1 Å². The number of hydrogen-bond donors (Lipinski definition) is 1. The summed E-state index contributed by atoms with van der Waals surface area (Å²) >= 11 is 5.98. The molecule has 0 amide bonds. The van der Waals surface area contributed by atoms with Crippen molar-refractivity contribution < 1.29 is 14.8 Å². The maximum Gasteiger partial charge on any atom is 0.285 e. The molecule has 2 aromatic rings. The highest BCUT2D eigenvalue weighted by molar-refractivity contribution is 6.32. The summed E-state index contributed by atoms with van der Waals surface area (Å²) in [5, 5.41) is 21.1. The van der Waals surface area contributed by atoms with Crippen LogP contribution in [0.25, 0.3) is 0 Å². The highest BCUT2D eigenvalue weighted by Crippen LogP contribution is 2.25. The number of aliphatic hydroxyl groups excluding tert-OH is 1. The maximum absolute atomic E-state index is 11.7. The third kappa shape index (κ3) is 4.54. The molecule has 0 fully saturated rings. The summed E-state index contributed by atoms with van der Waals surface area (Å²) in [4.78, 5) is 21.8. The summed E-state index contributed by atoms with van der Waals surface area (Å²) in [6.45, 7) is 1.66. The molecule has 7 nitrogen and oxygen atoms in total. The zero-order chi connectivity index (χ0) is 17.0. The fourth-order valence-electron chi connectivity index (χ4n) is 1.96.